The Morgan fingerprint density at radius 1 is 1.29 bits per heavy atom. The second-order valence-electron chi connectivity index (χ2n) is 4.21. The van der Waals surface area contributed by atoms with Gasteiger partial charge in [0.25, 0.3) is 0 Å². The van der Waals surface area contributed by atoms with E-state index in [0.717, 1.165) is 32.3 Å². The zero-order valence-electron chi connectivity index (χ0n) is 8.24. The highest BCUT2D eigenvalue weighted by molar-refractivity contribution is 7.89. The first-order chi connectivity index (χ1) is 6.66. The first-order valence-corrected chi connectivity index (χ1v) is 6.90. The Labute approximate surface area is 85.1 Å². The summed E-state index contributed by atoms with van der Waals surface area (Å²) < 4.78 is 30.9. The molecule has 2 fully saturated rings. The molecule has 0 aromatic carbocycles. The van der Waals surface area contributed by atoms with Gasteiger partial charge in [-0.3, -0.25) is 0 Å². The lowest BCUT2D eigenvalue weighted by atomic mass is 10.2. The molecule has 0 unspecified atom stereocenters. The predicted octanol–water partition coefficient (Wildman–Crippen LogP) is 0.495. The van der Waals surface area contributed by atoms with Gasteiger partial charge < -0.3 is 4.74 Å². The molecule has 1 saturated carbocycles. The SMILES string of the molecule is O=S(=O)(CC1CC1)NC[C@H]1CCCO1. The summed E-state index contributed by atoms with van der Waals surface area (Å²) in [6, 6.07) is 0. The molecule has 0 radical (unpaired) electrons. The monoisotopic (exact) mass is 219 g/mol. The fourth-order valence-corrected chi connectivity index (χ4v) is 3.19. The first kappa shape index (κ1) is 10.4. The van der Waals surface area contributed by atoms with Crippen LogP contribution in [-0.4, -0.2) is 33.4 Å². The highest BCUT2D eigenvalue weighted by Crippen LogP contribution is 2.29. The van der Waals surface area contributed by atoms with E-state index in [-0.39, 0.29) is 6.10 Å². The summed E-state index contributed by atoms with van der Waals surface area (Å²) in [6.07, 6.45) is 4.27. The molecule has 1 atom stereocenters. The third-order valence-electron chi connectivity index (χ3n) is 2.71. The summed E-state index contributed by atoms with van der Waals surface area (Å²) in [5, 5.41) is 0. The number of sulfonamides is 1. The lowest BCUT2D eigenvalue weighted by molar-refractivity contribution is 0.114. The van der Waals surface area contributed by atoms with Gasteiger partial charge in [0, 0.05) is 13.2 Å². The van der Waals surface area contributed by atoms with E-state index in [1.54, 1.807) is 0 Å². The third-order valence-corrected chi connectivity index (χ3v) is 4.22. The minimum Gasteiger partial charge on any atom is -0.377 e. The quantitative estimate of drug-likeness (QED) is 0.732. The van der Waals surface area contributed by atoms with Crippen LogP contribution < -0.4 is 4.72 Å². The Hall–Kier alpha value is -0.130. The van der Waals surface area contributed by atoms with Gasteiger partial charge in [-0.2, -0.15) is 0 Å². The highest BCUT2D eigenvalue weighted by Gasteiger charge is 2.28. The van der Waals surface area contributed by atoms with Gasteiger partial charge in [-0.15, -0.1) is 0 Å². The van der Waals surface area contributed by atoms with Crippen molar-refractivity contribution in [2.24, 2.45) is 5.92 Å². The fraction of sp³-hybridized carbons (Fsp3) is 1.00. The van der Waals surface area contributed by atoms with E-state index in [1.807, 2.05) is 0 Å². The summed E-state index contributed by atoms with van der Waals surface area (Å²) in [5.74, 6) is 0.719. The summed E-state index contributed by atoms with van der Waals surface area (Å²) in [6.45, 7) is 1.23. The molecule has 1 N–H and O–H groups in total. The van der Waals surface area contributed by atoms with E-state index in [0.29, 0.717) is 18.2 Å². The average Bonchev–Trinajstić information content (AvgIpc) is 2.78. The van der Waals surface area contributed by atoms with Crippen LogP contribution in [0.5, 0.6) is 0 Å². The zero-order chi connectivity index (χ0) is 10.0. The number of hydrogen-bond donors (Lipinski definition) is 1. The Kier molecular flexibility index (Phi) is 3.09. The normalized spacial score (nSPS) is 28.1. The minimum atomic E-state index is -3.04. The molecule has 1 saturated heterocycles. The van der Waals surface area contributed by atoms with Crippen LogP contribution in [0.1, 0.15) is 25.7 Å². The van der Waals surface area contributed by atoms with E-state index in [2.05, 4.69) is 4.72 Å². The maximum atomic E-state index is 11.5. The number of ether oxygens (including phenoxy) is 1. The molecule has 14 heavy (non-hydrogen) atoms. The van der Waals surface area contributed by atoms with Gasteiger partial charge in [-0.1, -0.05) is 0 Å². The van der Waals surface area contributed by atoms with Crippen LogP contribution >= 0.6 is 0 Å². The smallest absolute Gasteiger partial charge is 0.211 e. The molecular weight excluding hydrogens is 202 g/mol. The summed E-state index contributed by atoms with van der Waals surface area (Å²) >= 11 is 0. The summed E-state index contributed by atoms with van der Waals surface area (Å²) in [5.41, 5.74) is 0. The van der Waals surface area contributed by atoms with Crippen molar-refractivity contribution < 1.29 is 13.2 Å². The zero-order valence-corrected chi connectivity index (χ0v) is 9.05. The van der Waals surface area contributed by atoms with Gasteiger partial charge in [0.15, 0.2) is 0 Å². The van der Waals surface area contributed by atoms with Crippen LogP contribution in [0.15, 0.2) is 0 Å². The maximum Gasteiger partial charge on any atom is 0.211 e. The standard InChI is InChI=1S/C9H17NO3S/c11-14(12,7-8-3-4-8)10-6-9-2-1-5-13-9/h8-10H,1-7H2/t9-/m1/s1. The first-order valence-electron chi connectivity index (χ1n) is 5.25. The molecule has 0 aromatic rings. The number of nitrogens with one attached hydrogen (secondary N) is 1. The van der Waals surface area contributed by atoms with Gasteiger partial charge in [-0.05, 0) is 31.6 Å². The van der Waals surface area contributed by atoms with Gasteiger partial charge >= 0.3 is 0 Å². The maximum absolute atomic E-state index is 11.5. The molecule has 1 aliphatic carbocycles. The molecule has 82 valence electrons. The summed E-state index contributed by atoms with van der Waals surface area (Å²) in [7, 11) is -3.04. The van der Waals surface area contributed by atoms with E-state index in [4.69, 9.17) is 4.74 Å². The Balaban J connectivity index is 1.71. The fourth-order valence-electron chi connectivity index (χ4n) is 1.68. The highest BCUT2D eigenvalue weighted by atomic mass is 32.2. The molecule has 1 aliphatic heterocycles. The van der Waals surface area contributed by atoms with E-state index in [9.17, 15) is 8.42 Å². The third kappa shape index (κ3) is 3.22. The largest absolute Gasteiger partial charge is 0.377 e. The molecule has 2 rings (SSSR count). The van der Waals surface area contributed by atoms with E-state index in [1.165, 1.54) is 0 Å². The van der Waals surface area contributed by atoms with Crippen LogP contribution in [0, 0.1) is 5.92 Å². The molecule has 0 bridgehead atoms. The van der Waals surface area contributed by atoms with Crippen molar-refractivity contribution >= 4 is 10.0 Å². The molecule has 0 spiro atoms. The van der Waals surface area contributed by atoms with Crippen molar-refractivity contribution in [1.29, 1.82) is 0 Å². The van der Waals surface area contributed by atoms with Crippen molar-refractivity contribution in [3.63, 3.8) is 0 Å². The van der Waals surface area contributed by atoms with Gasteiger partial charge in [-0.25, -0.2) is 13.1 Å². The molecule has 0 aromatic heterocycles. The van der Waals surface area contributed by atoms with Crippen LogP contribution in [0.25, 0.3) is 0 Å². The van der Waals surface area contributed by atoms with Crippen molar-refractivity contribution in [3.05, 3.63) is 0 Å². The van der Waals surface area contributed by atoms with Gasteiger partial charge in [0.2, 0.25) is 10.0 Å². The number of hydrogen-bond acceptors (Lipinski definition) is 3. The second-order valence-corrected chi connectivity index (χ2v) is 6.06. The van der Waals surface area contributed by atoms with Crippen LogP contribution in [0.3, 0.4) is 0 Å². The molecular formula is C9H17NO3S. The Morgan fingerprint density at radius 3 is 2.64 bits per heavy atom. The lowest BCUT2D eigenvalue weighted by Crippen LogP contribution is -2.33. The Morgan fingerprint density at radius 2 is 2.07 bits per heavy atom. The average molecular weight is 219 g/mol. The van der Waals surface area contributed by atoms with Gasteiger partial charge in [0.05, 0.1) is 11.9 Å². The molecule has 2 aliphatic rings. The second kappa shape index (κ2) is 4.16. The summed E-state index contributed by atoms with van der Waals surface area (Å²) in [4.78, 5) is 0. The predicted molar refractivity (Wildman–Crippen MR) is 53.5 cm³/mol. The van der Waals surface area contributed by atoms with Crippen LogP contribution in [0.4, 0.5) is 0 Å². The van der Waals surface area contributed by atoms with Gasteiger partial charge in [0.1, 0.15) is 0 Å². The van der Waals surface area contributed by atoms with Crippen LogP contribution in [-0.2, 0) is 14.8 Å². The molecule has 5 heteroatoms. The minimum absolute atomic E-state index is 0.101. The van der Waals surface area contributed by atoms with Crippen LogP contribution in [0.2, 0.25) is 0 Å². The lowest BCUT2D eigenvalue weighted by Gasteiger charge is -2.10. The molecule has 1 heterocycles. The van der Waals surface area contributed by atoms with E-state index >= 15 is 0 Å². The molecule has 0 amide bonds. The number of rotatable bonds is 5. The van der Waals surface area contributed by atoms with E-state index < -0.39 is 10.0 Å². The topological polar surface area (TPSA) is 55.4 Å². The van der Waals surface area contributed by atoms with Crippen molar-refractivity contribution in [2.75, 3.05) is 18.9 Å². The molecule has 4 nitrogen and oxygen atoms in total. The van der Waals surface area contributed by atoms with Crippen molar-refractivity contribution in [1.82, 2.24) is 4.72 Å². The van der Waals surface area contributed by atoms with Crippen molar-refractivity contribution in [3.8, 4) is 0 Å². The van der Waals surface area contributed by atoms with Crippen molar-refractivity contribution in [2.45, 2.75) is 31.8 Å². The Bertz CT molecular complexity index is 278.